The molecular formula is C10H18N4. The van der Waals surface area contributed by atoms with Crippen LogP contribution in [0.5, 0.6) is 0 Å². The van der Waals surface area contributed by atoms with Crippen molar-refractivity contribution in [3.63, 3.8) is 0 Å². The van der Waals surface area contributed by atoms with E-state index in [1.54, 1.807) is 6.20 Å². The van der Waals surface area contributed by atoms with Gasteiger partial charge in [0.25, 0.3) is 0 Å². The largest absolute Gasteiger partial charge is 0.323 e. The fraction of sp³-hybridized carbons (Fsp3) is 0.800. The Kier molecular flexibility index (Phi) is 2.82. The molecule has 1 saturated carbocycles. The minimum atomic E-state index is 0.0342. The highest BCUT2D eigenvalue weighted by Gasteiger charge is 2.19. The number of hydrogen-bond acceptors (Lipinski definition) is 3. The summed E-state index contributed by atoms with van der Waals surface area (Å²) < 4.78 is 2.03. The highest BCUT2D eigenvalue weighted by Crippen LogP contribution is 2.29. The molecule has 0 aromatic carbocycles. The number of nitrogens with zero attached hydrogens (tertiary/aromatic N) is 3. The SMILES string of the molecule is C[C@@H](N)c1cnnn1C1CCCCC1. The number of rotatable bonds is 2. The molecule has 0 spiro atoms. The molecule has 2 rings (SSSR count). The van der Waals surface area contributed by atoms with E-state index < -0.39 is 0 Å². The summed E-state index contributed by atoms with van der Waals surface area (Å²) in [5.74, 6) is 0. The molecule has 0 amide bonds. The van der Waals surface area contributed by atoms with Gasteiger partial charge in [-0.05, 0) is 19.8 Å². The molecular weight excluding hydrogens is 176 g/mol. The van der Waals surface area contributed by atoms with E-state index in [4.69, 9.17) is 5.73 Å². The maximum Gasteiger partial charge on any atom is 0.0754 e. The Hall–Kier alpha value is -0.900. The zero-order chi connectivity index (χ0) is 9.97. The van der Waals surface area contributed by atoms with Crippen molar-refractivity contribution in [2.75, 3.05) is 0 Å². The molecule has 1 aromatic rings. The first-order valence-corrected chi connectivity index (χ1v) is 5.44. The molecule has 1 fully saturated rings. The average Bonchev–Trinajstić information content (AvgIpc) is 2.67. The molecule has 14 heavy (non-hydrogen) atoms. The standard InChI is InChI=1S/C10H18N4/c1-8(11)10-7-12-13-14(10)9-5-3-2-4-6-9/h7-9H,2-6,11H2,1H3/t8-/m1/s1. The quantitative estimate of drug-likeness (QED) is 0.781. The fourth-order valence-electron chi connectivity index (χ4n) is 2.19. The summed E-state index contributed by atoms with van der Waals surface area (Å²) in [6.07, 6.45) is 8.22. The Balaban J connectivity index is 2.17. The Morgan fingerprint density at radius 3 is 2.79 bits per heavy atom. The summed E-state index contributed by atoms with van der Waals surface area (Å²) in [5, 5.41) is 8.10. The molecule has 4 heteroatoms. The van der Waals surface area contributed by atoms with Crippen LogP contribution in [0, 0.1) is 0 Å². The van der Waals surface area contributed by atoms with Gasteiger partial charge in [-0.1, -0.05) is 24.5 Å². The monoisotopic (exact) mass is 194 g/mol. The van der Waals surface area contributed by atoms with Crippen LogP contribution in [0.1, 0.15) is 56.8 Å². The van der Waals surface area contributed by atoms with E-state index in [1.807, 2.05) is 11.6 Å². The van der Waals surface area contributed by atoms with Crippen LogP contribution in [-0.2, 0) is 0 Å². The Morgan fingerprint density at radius 2 is 2.14 bits per heavy atom. The van der Waals surface area contributed by atoms with Gasteiger partial charge >= 0.3 is 0 Å². The van der Waals surface area contributed by atoms with Crippen molar-refractivity contribution < 1.29 is 0 Å². The Morgan fingerprint density at radius 1 is 1.43 bits per heavy atom. The predicted octanol–water partition coefficient (Wildman–Crippen LogP) is 1.80. The fourth-order valence-corrected chi connectivity index (χ4v) is 2.19. The van der Waals surface area contributed by atoms with Crippen molar-refractivity contribution in [1.82, 2.24) is 15.0 Å². The van der Waals surface area contributed by atoms with Crippen LogP contribution in [-0.4, -0.2) is 15.0 Å². The zero-order valence-corrected chi connectivity index (χ0v) is 8.69. The van der Waals surface area contributed by atoms with Crippen LogP contribution in [0.4, 0.5) is 0 Å². The highest BCUT2D eigenvalue weighted by atomic mass is 15.4. The van der Waals surface area contributed by atoms with Crippen LogP contribution in [0.3, 0.4) is 0 Å². The molecule has 0 aliphatic heterocycles. The van der Waals surface area contributed by atoms with E-state index in [-0.39, 0.29) is 6.04 Å². The molecule has 1 atom stereocenters. The summed E-state index contributed by atoms with van der Waals surface area (Å²) in [6, 6.07) is 0.569. The van der Waals surface area contributed by atoms with Gasteiger partial charge < -0.3 is 5.73 Å². The second-order valence-corrected chi connectivity index (χ2v) is 4.18. The Bertz CT molecular complexity index is 286. The van der Waals surface area contributed by atoms with Crippen LogP contribution in [0.25, 0.3) is 0 Å². The molecule has 1 aliphatic carbocycles. The first kappa shape index (κ1) is 9.65. The van der Waals surface area contributed by atoms with Gasteiger partial charge in [-0.2, -0.15) is 0 Å². The number of aromatic nitrogens is 3. The minimum absolute atomic E-state index is 0.0342. The van der Waals surface area contributed by atoms with Crippen molar-refractivity contribution in [3.8, 4) is 0 Å². The second-order valence-electron chi connectivity index (χ2n) is 4.18. The van der Waals surface area contributed by atoms with Gasteiger partial charge in [0.05, 0.1) is 17.9 Å². The summed E-state index contributed by atoms with van der Waals surface area (Å²) in [5.41, 5.74) is 6.93. The van der Waals surface area contributed by atoms with Crippen LogP contribution in [0.2, 0.25) is 0 Å². The third-order valence-corrected chi connectivity index (χ3v) is 2.99. The smallest absolute Gasteiger partial charge is 0.0754 e. The van der Waals surface area contributed by atoms with Crippen molar-refractivity contribution in [3.05, 3.63) is 11.9 Å². The molecule has 1 aliphatic rings. The lowest BCUT2D eigenvalue weighted by molar-refractivity contribution is 0.314. The zero-order valence-electron chi connectivity index (χ0n) is 8.69. The summed E-state index contributed by atoms with van der Waals surface area (Å²) in [7, 11) is 0. The van der Waals surface area contributed by atoms with Gasteiger partial charge in [-0.15, -0.1) is 5.10 Å². The highest BCUT2D eigenvalue weighted by molar-refractivity contribution is 5.01. The number of hydrogen-bond donors (Lipinski definition) is 1. The summed E-state index contributed by atoms with van der Waals surface area (Å²) >= 11 is 0. The molecule has 0 saturated heterocycles. The van der Waals surface area contributed by atoms with Crippen molar-refractivity contribution in [1.29, 1.82) is 0 Å². The lowest BCUT2D eigenvalue weighted by Gasteiger charge is -2.23. The number of nitrogens with two attached hydrogens (primary N) is 1. The molecule has 0 unspecified atom stereocenters. The molecule has 78 valence electrons. The van der Waals surface area contributed by atoms with Gasteiger partial charge in [0.2, 0.25) is 0 Å². The van der Waals surface area contributed by atoms with Crippen molar-refractivity contribution in [2.24, 2.45) is 5.73 Å². The van der Waals surface area contributed by atoms with Crippen LogP contribution < -0.4 is 5.73 Å². The van der Waals surface area contributed by atoms with E-state index >= 15 is 0 Å². The second kappa shape index (κ2) is 4.09. The molecule has 1 heterocycles. The first-order valence-electron chi connectivity index (χ1n) is 5.44. The van der Waals surface area contributed by atoms with E-state index in [1.165, 1.54) is 32.1 Å². The van der Waals surface area contributed by atoms with Crippen LogP contribution in [0.15, 0.2) is 6.20 Å². The van der Waals surface area contributed by atoms with Crippen molar-refractivity contribution >= 4 is 0 Å². The predicted molar refractivity (Wildman–Crippen MR) is 54.7 cm³/mol. The van der Waals surface area contributed by atoms with Gasteiger partial charge in [0.1, 0.15) is 0 Å². The summed E-state index contributed by atoms with van der Waals surface area (Å²) in [4.78, 5) is 0. The topological polar surface area (TPSA) is 56.7 Å². The van der Waals surface area contributed by atoms with Gasteiger partial charge in [-0.3, -0.25) is 0 Å². The van der Waals surface area contributed by atoms with Crippen LogP contribution >= 0.6 is 0 Å². The van der Waals surface area contributed by atoms with E-state index in [0.717, 1.165) is 5.69 Å². The maximum atomic E-state index is 5.86. The summed E-state index contributed by atoms with van der Waals surface area (Å²) in [6.45, 7) is 1.98. The van der Waals surface area contributed by atoms with Gasteiger partial charge in [-0.25, -0.2) is 4.68 Å². The third kappa shape index (κ3) is 1.80. The lowest BCUT2D eigenvalue weighted by Crippen LogP contribution is -2.20. The first-order chi connectivity index (χ1) is 6.79. The van der Waals surface area contributed by atoms with E-state index in [2.05, 4.69) is 10.3 Å². The maximum absolute atomic E-state index is 5.86. The molecule has 2 N–H and O–H groups in total. The third-order valence-electron chi connectivity index (χ3n) is 2.99. The molecule has 1 aromatic heterocycles. The Labute approximate surface area is 84.5 Å². The van der Waals surface area contributed by atoms with Gasteiger partial charge in [0.15, 0.2) is 0 Å². The van der Waals surface area contributed by atoms with E-state index in [0.29, 0.717) is 6.04 Å². The lowest BCUT2D eigenvalue weighted by atomic mass is 9.95. The molecule has 0 bridgehead atoms. The minimum Gasteiger partial charge on any atom is -0.323 e. The average molecular weight is 194 g/mol. The van der Waals surface area contributed by atoms with Crippen molar-refractivity contribution in [2.45, 2.75) is 51.1 Å². The molecule has 4 nitrogen and oxygen atoms in total. The van der Waals surface area contributed by atoms with E-state index in [9.17, 15) is 0 Å². The normalized spacial score (nSPS) is 21.0. The van der Waals surface area contributed by atoms with Gasteiger partial charge in [0, 0.05) is 6.04 Å². The molecule has 0 radical (unpaired) electrons.